The highest BCUT2D eigenvalue weighted by atomic mass is 32.2. The van der Waals surface area contributed by atoms with Crippen molar-refractivity contribution >= 4 is 28.7 Å². The van der Waals surface area contributed by atoms with Crippen molar-refractivity contribution in [3.63, 3.8) is 0 Å². The first-order valence-electron chi connectivity index (χ1n) is 10.2. The van der Waals surface area contributed by atoms with E-state index in [0.717, 1.165) is 23.0 Å². The van der Waals surface area contributed by atoms with E-state index in [-0.39, 0.29) is 11.6 Å². The van der Waals surface area contributed by atoms with Crippen LogP contribution >= 0.6 is 11.8 Å². The molecule has 2 aliphatic heterocycles. The second-order valence-corrected chi connectivity index (χ2v) is 8.92. The molecule has 3 aliphatic rings. The number of amidine groups is 1. The molecule has 1 amide bonds. The van der Waals surface area contributed by atoms with Crippen LogP contribution in [0.2, 0.25) is 0 Å². The van der Waals surface area contributed by atoms with Gasteiger partial charge in [-0.25, -0.2) is 9.78 Å². The van der Waals surface area contributed by atoms with Crippen LogP contribution in [0.3, 0.4) is 0 Å². The van der Waals surface area contributed by atoms with Gasteiger partial charge in [0.05, 0.1) is 17.4 Å². The maximum Gasteiger partial charge on any atom is 0.416 e. The van der Waals surface area contributed by atoms with Crippen LogP contribution < -0.4 is 10.1 Å². The van der Waals surface area contributed by atoms with Crippen LogP contribution in [0.5, 0.6) is 5.88 Å². The number of carbonyl (C=O) groups excluding carboxylic acids is 1. The molecule has 5 rings (SSSR count). The number of nitrogens with one attached hydrogen (secondary N) is 1. The van der Waals surface area contributed by atoms with Gasteiger partial charge in [0.15, 0.2) is 5.17 Å². The summed E-state index contributed by atoms with van der Waals surface area (Å²) in [6.45, 7) is 1.24. The van der Waals surface area contributed by atoms with Gasteiger partial charge >= 0.3 is 6.09 Å². The Hall–Kier alpha value is -2.54. The zero-order valence-electron chi connectivity index (χ0n) is 16.3. The van der Waals surface area contributed by atoms with Crippen LogP contribution in [0.1, 0.15) is 36.8 Å². The molecule has 0 unspecified atom stereocenters. The first kappa shape index (κ1) is 18.5. The topological polar surface area (TPSA) is 66.8 Å². The number of thioether (sulfide) groups is 1. The van der Waals surface area contributed by atoms with Crippen molar-refractivity contribution < 1.29 is 9.53 Å². The minimum atomic E-state index is -0.355. The van der Waals surface area contributed by atoms with Crippen LogP contribution in [-0.4, -0.2) is 39.0 Å². The van der Waals surface area contributed by atoms with Gasteiger partial charge in [-0.3, -0.25) is 4.99 Å². The van der Waals surface area contributed by atoms with Crippen LogP contribution in [0.4, 0.5) is 10.5 Å². The number of nitrogens with zero attached hydrogens (tertiary/aromatic N) is 3. The van der Waals surface area contributed by atoms with Crippen LogP contribution in [0, 0.1) is 0 Å². The van der Waals surface area contributed by atoms with Crippen molar-refractivity contribution in [2.45, 2.75) is 44.2 Å². The molecule has 7 heteroatoms. The number of hydrogen-bond acceptors (Lipinski definition) is 6. The van der Waals surface area contributed by atoms with Crippen LogP contribution in [0.15, 0.2) is 47.6 Å². The average molecular weight is 409 g/mol. The summed E-state index contributed by atoms with van der Waals surface area (Å²) in [5, 5.41) is 4.31. The molecule has 6 nitrogen and oxygen atoms in total. The Balaban J connectivity index is 1.18. The highest BCUT2D eigenvalue weighted by Crippen LogP contribution is 2.41. The molecular weight excluding hydrogens is 384 g/mol. The summed E-state index contributed by atoms with van der Waals surface area (Å²) >= 11 is 1.78. The van der Waals surface area contributed by atoms with Gasteiger partial charge in [-0.05, 0) is 36.5 Å². The number of hydrogen-bond donors (Lipinski definition) is 1. The molecule has 1 fully saturated rings. The van der Waals surface area contributed by atoms with Gasteiger partial charge in [-0.1, -0.05) is 48.9 Å². The van der Waals surface area contributed by atoms with Crippen molar-refractivity contribution in [2.75, 3.05) is 17.6 Å². The molecule has 0 atom stereocenters. The largest absolute Gasteiger partial charge is 0.416 e. The second-order valence-electron chi connectivity index (χ2n) is 7.96. The summed E-state index contributed by atoms with van der Waals surface area (Å²) in [7, 11) is 0. The van der Waals surface area contributed by atoms with Crippen molar-refractivity contribution in [3.8, 4) is 5.88 Å². The van der Waals surface area contributed by atoms with E-state index < -0.39 is 0 Å². The number of anilines is 1. The molecule has 0 bridgehead atoms. The molecule has 0 radical (unpaired) electrons. The zero-order chi connectivity index (χ0) is 19.7. The third kappa shape index (κ3) is 3.96. The third-order valence-electron chi connectivity index (χ3n) is 5.92. The van der Waals surface area contributed by atoms with E-state index in [2.05, 4.69) is 22.4 Å². The van der Waals surface area contributed by atoms with E-state index in [4.69, 9.17) is 9.73 Å². The summed E-state index contributed by atoms with van der Waals surface area (Å²) in [5.41, 5.74) is 3.50. The fraction of sp³-hybridized carbons (Fsp3) is 0.409. The molecule has 29 heavy (non-hydrogen) atoms. The Kier molecular flexibility index (Phi) is 4.91. The summed E-state index contributed by atoms with van der Waals surface area (Å²) in [6.07, 6.45) is 7.13. The summed E-state index contributed by atoms with van der Waals surface area (Å²) in [4.78, 5) is 23.4. The van der Waals surface area contributed by atoms with E-state index in [1.54, 1.807) is 28.9 Å². The fourth-order valence-electron chi connectivity index (χ4n) is 4.28. The zero-order valence-corrected chi connectivity index (χ0v) is 17.1. The SMILES string of the molecule is O=C(Oc1ccc(NC2=NC3(CCCC3)CS2)cn1)N1CCc2ccccc2C1. The summed E-state index contributed by atoms with van der Waals surface area (Å²) < 4.78 is 5.48. The lowest BCUT2D eigenvalue weighted by Gasteiger charge is -2.27. The smallest absolute Gasteiger partial charge is 0.391 e. The maximum absolute atomic E-state index is 12.5. The molecule has 1 spiro atoms. The second kappa shape index (κ2) is 7.71. The van der Waals surface area contributed by atoms with Gasteiger partial charge in [-0.15, -0.1) is 0 Å². The lowest BCUT2D eigenvalue weighted by Crippen LogP contribution is -2.37. The number of carbonyl (C=O) groups is 1. The lowest BCUT2D eigenvalue weighted by molar-refractivity contribution is 0.145. The van der Waals surface area contributed by atoms with Gasteiger partial charge in [-0.2, -0.15) is 0 Å². The summed E-state index contributed by atoms with van der Waals surface area (Å²) in [6, 6.07) is 11.8. The first-order chi connectivity index (χ1) is 14.2. The monoisotopic (exact) mass is 408 g/mol. The number of pyridine rings is 1. The molecule has 3 heterocycles. The Bertz CT molecular complexity index is 938. The standard InChI is InChI=1S/C22H24N4O2S/c27-21(26-12-9-16-5-1-2-6-17(16)14-26)28-19-8-7-18(13-23-19)24-20-25-22(15-29-20)10-3-4-11-22/h1-2,5-8,13H,3-4,9-12,14-15H2,(H,24,25). The molecule has 1 aliphatic carbocycles. The van der Waals surface area contributed by atoms with Crippen LogP contribution in [-0.2, 0) is 13.0 Å². The number of aliphatic imine (C=N–C) groups is 1. The lowest BCUT2D eigenvalue weighted by atomic mass is 10.0. The van der Waals surface area contributed by atoms with Crippen molar-refractivity contribution in [1.29, 1.82) is 0 Å². The third-order valence-corrected chi connectivity index (χ3v) is 7.07. The van der Waals surface area contributed by atoms with Crippen LogP contribution in [0.25, 0.3) is 0 Å². The minimum Gasteiger partial charge on any atom is -0.391 e. The average Bonchev–Trinajstić information content (AvgIpc) is 3.38. The van der Waals surface area contributed by atoms with E-state index in [9.17, 15) is 4.79 Å². The molecule has 1 saturated carbocycles. The van der Waals surface area contributed by atoms with Gasteiger partial charge in [0.1, 0.15) is 0 Å². The fourth-order valence-corrected chi connectivity index (χ4v) is 5.49. The van der Waals surface area contributed by atoms with Gasteiger partial charge in [0.25, 0.3) is 0 Å². The molecule has 1 aromatic heterocycles. The van der Waals surface area contributed by atoms with E-state index in [0.29, 0.717) is 19.0 Å². The highest BCUT2D eigenvalue weighted by Gasteiger charge is 2.38. The number of rotatable bonds is 2. The number of fused-ring (bicyclic) bond motifs is 1. The Morgan fingerprint density at radius 3 is 2.76 bits per heavy atom. The predicted octanol–water partition coefficient (Wildman–Crippen LogP) is 4.47. The molecule has 150 valence electrons. The number of benzene rings is 1. The molecule has 0 saturated heterocycles. The van der Waals surface area contributed by atoms with Crippen molar-refractivity contribution in [2.24, 2.45) is 4.99 Å². The van der Waals surface area contributed by atoms with Gasteiger partial charge < -0.3 is 15.0 Å². The molecule has 2 aromatic rings. The Labute approximate surface area is 174 Å². The van der Waals surface area contributed by atoms with Crippen molar-refractivity contribution in [3.05, 3.63) is 53.7 Å². The molecular formula is C22H24N4O2S. The Morgan fingerprint density at radius 2 is 1.97 bits per heavy atom. The van der Waals surface area contributed by atoms with E-state index >= 15 is 0 Å². The minimum absolute atomic E-state index is 0.156. The normalized spacial score (nSPS) is 19.7. The van der Waals surface area contributed by atoms with Gasteiger partial charge in [0.2, 0.25) is 5.88 Å². The number of ether oxygens (including phenoxy) is 1. The van der Waals surface area contributed by atoms with E-state index in [1.807, 2.05) is 18.2 Å². The highest BCUT2D eigenvalue weighted by molar-refractivity contribution is 8.14. The maximum atomic E-state index is 12.5. The summed E-state index contributed by atoms with van der Waals surface area (Å²) in [5.74, 6) is 1.38. The molecule has 1 aromatic carbocycles. The van der Waals surface area contributed by atoms with Gasteiger partial charge in [0, 0.05) is 24.9 Å². The number of aromatic nitrogens is 1. The first-order valence-corrected chi connectivity index (χ1v) is 11.2. The quantitative estimate of drug-likeness (QED) is 0.794. The predicted molar refractivity (Wildman–Crippen MR) is 116 cm³/mol. The van der Waals surface area contributed by atoms with E-state index in [1.165, 1.54) is 36.8 Å². The number of amides is 1. The molecule has 1 N–H and O–H groups in total. The van der Waals surface area contributed by atoms with Crippen molar-refractivity contribution in [1.82, 2.24) is 9.88 Å². The Morgan fingerprint density at radius 1 is 1.14 bits per heavy atom.